The van der Waals surface area contributed by atoms with Gasteiger partial charge >= 0.3 is 0 Å². The number of halogens is 2. The Morgan fingerprint density at radius 2 is 2.21 bits per heavy atom. The third-order valence-electron chi connectivity index (χ3n) is 3.36. The predicted molar refractivity (Wildman–Crippen MR) is 82.7 cm³/mol. The van der Waals surface area contributed by atoms with Gasteiger partial charge in [0.1, 0.15) is 12.4 Å². The van der Waals surface area contributed by atoms with Crippen molar-refractivity contribution >= 4 is 24.0 Å². The molecule has 1 aromatic carbocycles. The predicted octanol–water partition coefficient (Wildman–Crippen LogP) is 2.68. The molecule has 1 saturated heterocycles. The first-order chi connectivity index (χ1) is 8.79. The normalized spacial score (nSPS) is 19.2. The van der Waals surface area contributed by atoms with Crippen LogP contribution in [0.5, 0.6) is 5.75 Å². The Morgan fingerprint density at radius 1 is 1.42 bits per heavy atom. The lowest BCUT2D eigenvalue weighted by Crippen LogP contribution is -2.28. The van der Waals surface area contributed by atoms with E-state index in [1.807, 2.05) is 31.3 Å². The van der Waals surface area contributed by atoms with Crippen LogP contribution in [0.3, 0.4) is 0 Å². The van der Waals surface area contributed by atoms with Crippen LogP contribution in [-0.2, 0) is 0 Å². The van der Waals surface area contributed by atoms with Crippen molar-refractivity contribution in [2.45, 2.75) is 6.42 Å². The lowest BCUT2D eigenvalue weighted by molar-refractivity contribution is 0.232. The number of rotatable bonds is 6. The first kappa shape index (κ1) is 16.6. The van der Waals surface area contributed by atoms with Crippen LogP contribution in [0.15, 0.2) is 24.3 Å². The van der Waals surface area contributed by atoms with E-state index >= 15 is 0 Å². The number of nitrogens with one attached hydrogen (secondary N) is 1. The van der Waals surface area contributed by atoms with E-state index in [2.05, 4.69) is 10.2 Å². The molecule has 0 saturated carbocycles. The minimum atomic E-state index is 0. The van der Waals surface area contributed by atoms with Crippen LogP contribution in [0.25, 0.3) is 0 Å². The second-order valence-corrected chi connectivity index (χ2v) is 5.20. The van der Waals surface area contributed by atoms with E-state index in [1.165, 1.54) is 19.5 Å². The van der Waals surface area contributed by atoms with Gasteiger partial charge in [0.15, 0.2) is 0 Å². The largest absolute Gasteiger partial charge is 0.491 e. The summed E-state index contributed by atoms with van der Waals surface area (Å²) in [6.45, 7) is 5.15. The summed E-state index contributed by atoms with van der Waals surface area (Å²) in [4.78, 5) is 2.46. The Labute approximate surface area is 126 Å². The molecular weight excluding hydrogens is 283 g/mol. The zero-order valence-corrected chi connectivity index (χ0v) is 12.8. The number of ether oxygens (including phenoxy) is 1. The monoisotopic (exact) mass is 304 g/mol. The molecule has 19 heavy (non-hydrogen) atoms. The molecule has 1 aliphatic heterocycles. The highest BCUT2D eigenvalue weighted by Crippen LogP contribution is 2.23. The summed E-state index contributed by atoms with van der Waals surface area (Å²) in [5.41, 5.74) is 0. The van der Waals surface area contributed by atoms with Gasteiger partial charge in [-0.05, 0) is 44.6 Å². The highest BCUT2D eigenvalue weighted by Gasteiger charge is 2.21. The second kappa shape index (κ2) is 8.64. The first-order valence-corrected chi connectivity index (χ1v) is 6.91. The molecule has 0 aromatic heterocycles. The summed E-state index contributed by atoms with van der Waals surface area (Å²) in [7, 11) is 2.02. The maximum atomic E-state index is 6.04. The quantitative estimate of drug-likeness (QED) is 0.874. The molecule has 0 amide bonds. The molecule has 0 radical (unpaired) electrons. The van der Waals surface area contributed by atoms with Gasteiger partial charge in [0.25, 0.3) is 0 Å². The number of benzene rings is 1. The summed E-state index contributed by atoms with van der Waals surface area (Å²) in [5, 5.41) is 3.93. The van der Waals surface area contributed by atoms with Crippen molar-refractivity contribution in [3.63, 3.8) is 0 Å². The van der Waals surface area contributed by atoms with Crippen LogP contribution in [-0.4, -0.2) is 44.7 Å². The molecular formula is C14H22Cl2N2O. The van der Waals surface area contributed by atoms with Gasteiger partial charge in [-0.2, -0.15) is 0 Å². The molecule has 108 valence electrons. The highest BCUT2D eigenvalue weighted by atomic mass is 35.5. The van der Waals surface area contributed by atoms with E-state index in [9.17, 15) is 0 Å². The van der Waals surface area contributed by atoms with Crippen molar-refractivity contribution < 1.29 is 4.74 Å². The highest BCUT2D eigenvalue weighted by molar-refractivity contribution is 6.32. The van der Waals surface area contributed by atoms with E-state index in [4.69, 9.17) is 16.3 Å². The third-order valence-corrected chi connectivity index (χ3v) is 3.68. The van der Waals surface area contributed by atoms with Gasteiger partial charge in [-0.1, -0.05) is 23.7 Å². The second-order valence-electron chi connectivity index (χ2n) is 4.79. The van der Waals surface area contributed by atoms with E-state index < -0.39 is 0 Å². The Balaban J connectivity index is 0.00000180. The summed E-state index contributed by atoms with van der Waals surface area (Å²) < 4.78 is 5.70. The number of hydrogen-bond acceptors (Lipinski definition) is 3. The third kappa shape index (κ3) is 5.19. The maximum absolute atomic E-state index is 6.04. The lowest BCUT2D eigenvalue weighted by atomic mass is 10.1. The molecule has 1 aromatic rings. The molecule has 1 N–H and O–H groups in total. The molecule has 3 nitrogen and oxygen atoms in total. The average molecular weight is 305 g/mol. The fraction of sp³-hybridized carbons (Fsp3) is 0.571. The topological polar surface area (TPSA) is 24.5 Å². The van der Waals surface area contributed by atoms with Crippen molar-refractivity contribution in [3.8, 4) is 5.75 Å². The summed E-state index contributed by atoms with van der Waals surface area (Å²) in [6.07, 6.45) is 1.28. The van der Waals surface area contributed by atoms with Gasteiger partial charge < -0.3 is 10.1 Å². The molecule has 0 aliphatic carbocycles. The maximum Gasteiger partial charge on any atom is 0.137 e. The smallest absolute Gasteiger partial charge is 0.137 e. The van der Waals surface area contributed by atoms with Gasteiger partial charge in [-0.15, -0.1) is 12.4 Å². The summed E-state index contributed by atoms with van der Waals surface area (Å²) >= 11 is 6.04. The fourth-order valence-corrected chi connectivity index (χ4v) is 2.61. The molecule has 2 rings (SSSR count). The molecule has 1 unspecified atom stereocenters. The minimum absolute atomic E-state index is 0. The van der Waals surface area contributed by atoms with E-state index in [-0.39, 0.29) is 12.4 Å². The van der Waals surface area contributed by atoms with Crippen LogP contribution >= 0.6 is 24.0 Å². The summed E-state index contributed by atoms with van der Waals surface area (Å²) in [6, 6.07) is 7.63. The number of hydrogen-bond donors (Lipinski definition) is 1. The fourth-order valence-electron chi connectivity index (χ4n) is 2.42. The molecule has 1 heterocycles. The van der Waals surface area contributed by atoms with Crippen molar-refractivity contribution in [2.24, 2.45) is 5.92 Å². The number of likely N-dealkylation sites (tertiary alicyclic amines) is 1. The molecule has 1 fully saturated rings. The molecule has 0 bridgehead atoms. The standard InChI is InChI=1S/C14H21ClN2O.ClH/c1-16-10-12-6-7-17(11-12)8-9-18-14-5-3-2-4-13(14)15;/h2-5,12,16H,6-11H2,1H3;1H. The zero-order chi connectivity index (χ0) is 12.8. The Kier molecular flexibility index (Phi) is 7.54. The van der Waals surface area contributed by atoms with Crippen molar-refractivity contribution in [1.29, 1.82) is 0 Å². The van der Waals surface area contributed by atoms with Crippen LogP contribution in [0, 0.1) is 5.92 Å². The number of nitrogens with zero attached hydrogens (tertiary/aromatic N) is 1. The van der Waals surface area contributed by atoms with Gasteiger partial charge in [0.05, 0.1) is 5.02 Å². The Bertz CT molecular complexity index is 376. The SMILES string of the molecule is CNCC1CCN(CCOc2ccccc2Cl)C1.Cl. The molecule has 1 aliphatic rings. The van der Waals surface area contributed by atoms with Gasteiger partial charge in [-0.25, -0.2) is 0 Å². The molecule has 1 atom stereocenters. The Hall–Kier alpha value is -0.480. The first-order valence-electron chi connectivity index (χ1n) is 6.54. The van der Waals surface area contributed by atoms with Crippen molar-refractivity contribution in [2.75, 3.05) is 39.8 Å². The van der Waals surface area contributed by atoms with Crippen LogP contribution < -0.4 is 10.1 Å². The van der Waals surface area contributed by atoms with E-state index in [0.717, 1.165) is 24.8 Å². The van der Waals surface area contributed by atoms with Gasteiger partial charge in [-0.3, -0.25) is 4.90 Å². The zero-order valence-electron chi connectivity index (χ0n) is 11.3. The van der Waals surface area contributed by atoms with Crippen molar-refractivity contribution in [3.05, 3.63) is 29.3 Å². The van der Waals surface area contributed by atoms with Crippen LogP contribution in [0.2, 0.25) is 5.02 Å². The lowest BCUT2D eigenvalue weighted by Gasteiger charge is -2.16. The van der Waals surface area contributed by atoms with Crippen LogP contribution in [0.1, 0.15) is 6.42 Å². The molecule has 0 spiro atoms. The Morgan fingerprint density at radius 3 is 2.95 bits per heavy atom. The van der Waals surface area contributed by atoms with E-state index in [1.54, 1.807) is 0 Å². The van der Waals surface area contributed by atoms with Gasteiger partial charge in [0, 0.05) is 13.1 Å². The average Bonchev–Trinajstić information content (AvgIpc) is 2.80. The summed E-state index contributed by atoms with van der Waals surface area (Å²) in [5.74, 6) is 1.57. The van der Waals surface area contributed by atoms with Crippen molar-refractivity contribution in [1.82, 2.24) is 10.2 Å². The van der Waals surface area contributed by atoms with Gasteiger partial charge in [0.2, 0.25) is 0 Å². The minimum Gasteiger partial charge on any atom is -0.491 e. The molecule has 5 heteroatoms. The number of para-hydroxylation sites is 1. The van der Waals surface area contributed by atoms with E-state index in [0.29, 0.717) is 11.6 Å². The van der Waals surface area contributed by atoms with Crippen LogP contribution in [0.4, 0.5) is 0 Å².